The van der Waals surface area contributed by atoms with Crippen molar-refractivity contribution in [2.24, 2.45) is 5.92 Å². The molecule has 3 amide bonds. The van der Waals surface area contributed by atoms with E-state index in [-0.39, 0.29) is 42.2 Å². The molecule has 0 saturated carbocycles. The second-order valence-electron chi connectivity index (χ2n) is 9.30. The van der Waals surface area contributed by atoms with Crippen molar-refractivity contribution < 1.29 is 23.9 Å². The molecule has 0 aliphatic carbocycles. The molecule has 1 aromatic rings. The maximum Gasteiger partial charge on any atom is 0.260 e. The minimum absolute atomic E-state index is 0.0151. The van der Waals surface area contributed by atoms with Gasteiger partial charge < -0.3 is 24.2 Å². The molecule has 1 aromatic carbocycles. The summed E-state index contributed by atoms with van der Waals surface area (Å²) in [5.41, 5.74) is -0.283. The van der Waals surface area contributed by atoms with E-state index in [1.807, 2.05) is 50.8 Å². The highest BCUT2D eigenvalue weighted by molar-refractivity contribution is 5.89. The highest BCUT2D eigenvalue weighted by Crippen LogP contribution is 2.28. The summed E-state index contributed by atoms with van der Waals surface area (Å²) in [5.74, 6) is 0.797. The highest BCUT2D eigenvalue weighted by atomic mass is 16.5. The van der Waals surface area contributed by atoms with Gasteiger partial charge in [0.2, 0.25) is 11.8 Å². The number of rotatable bonds is 6. The number of hydrogen-bond donors (Lipinski definition) is 0. The van der Waals surface area contributed by atoms with Gasteiger partial charge in [0.25, 0.3) is 5.91 Å². The van der Waals surface area contributed by atoms with E-state index in [0.717, 1.165) is 0 Å². The lowest BCUT2D eigenvalue weighted by atomic mass is 10.1. The lowest BCUT2D eigenvalue weighted by Crippen LogP contribution is -2.44. The molecule has 2 fully saturated rings. The van der Waals surface area contributed by atoms with Gasteiger partial charge in [0.15, 0.2) is 18.1 Å². The molecule has 2 aliphatic rings. The predicted molar refractivity (Wildman–Crippen MR) is 120 cm³/mol. The Morgan fingerprint density at radius 3 is 2.25 bits per heavy atom. The summed E-state index contributed by atoms with van der Waals surface area (Å²) in [7, 11) is 0. The molecule has 176 valence electrons. The van der Waals surface area contributed by atoms with Crippen molar-refractivity contribution in [1.82, 2.24) is 14.7 Å². The molecule has 2 heterocycles. The summed E-state index contributed by atoms with van der Waals surface area (Å²) >= 11 is 0. The Kier molecular flexibility index (Phi) is 7.64. The SMILES string of the molecule is CCOc1ccccc1OCC(=O)N1CCCN(C(=O)C2CC(=O)N(C(C)(C)C)C2)CC1. The van der Waals surface area contributed by atoms with Gasteiger partial charge in [-0.05, 0) is 46.2 Å². The molecule has 3 rings (SSSR count). The summed E-state index contributed by atoms with van der Waals surface area (Å²) < 4.78 is 11.3. The molecule has 8 nitrogen and oxygen atoms in total. The molecule has 8 heteroatoms. The number of benzene rings is 1. The maximum atomic E-state index is 13.1. The van der Waals surface area contributed by atoms with Gasteiger partial charge in [-0.3, -0.25) is 14.4 Å². The lowest BCUT2D eigenvalue weighted by Gasteiger charge is -2.32. The van der Waals surface area contributed by atoms with E-state index in [2.05, 4.69) is 0 Å². The molecule has 0 N–H and O–H groups in total. The van der Waals surface area contributed by atoms with Crippen molar-refractivity contribution >= 4 is 17.7 Å². The van der Waals surface area contributed by atoms with E-state index in [1.54, 1.807) is 15.9 Å². The van der Waals surface area contributed by atoms with Gasteiger partial charge in [0.05, 0.1) is 12.5 Å². The number of carbonyl (C=O) groups excluding carboxylic acids is 3. The average Bonchev–Trinajstić information content (AvgIpc) is 2.99. The van der Waals surface area contributed by atoms with Crippen LogP contribution in [0, 0.1) is 5.92 Å². The van der Waals surface area contributed by atoms with Gasteiger partial charge >= 0.3 is 0 Å². The minimum Gasteiger partial charge on any atom is -0.490 e. The van der Waals surface area contributed by atoms with Crippen LogP contribution in [-0.2, 0) is 14.4 Å². The number of ether oxygens (including phenoxy) is 2. The first kappa shape index (κ1) is 23.9. The normalized spacial score (nSPS) is 19.7. The summed E-state index contributed by atoms with van der Waals surface area (Å²) in [6.07, 6.45) is 0.971. The van der Waals surface area contributed by atoms with E-state index in [9.17, 15) is 14.4 Å². The second-order valence-corrected chi connectivity index (χ2v) is 9.30. The van der Waals surface area contributed by atoms with Crippen molar-refractivity contribution in [3.8, 4) is 11.5 Å². The molecule has 0 aromatic heterocycles. The van der Waals surface area contributed by atoms with Crippen LogP contribution >= 0.6 is 0 Å². The van der Waals surface area contributed by atoms with Crippen LogP contribution in [0.2, 0.25) is 0 Å². The van der Waals surface area contributed by atoms with Crippen molar-refractivity contribution in [3.05, 3.63) is 24.3 Å². The van der Waals surface area contributed by atoms with Crippen molar-refractivity contribution in [3.63, 3.8) is 0 Å². The smallest absolute Gasteiger partial charge is 0.260 e. The Hall–Kier alpha value is -2.77. The van der Waals surface area contributed by atoms with Gasteiger partial charge in [-0.1, -0.05) is 12.1 Å². The molecule has 0 bridgehead atoms. The number of para-hydroxylation sites is 2. The van der Waals surface area contributed by atoms with Crippen LogP contribution in [0.25, 0.3) is 0 Å². The molecule has 2 saturated heterocycles. The molecule has 2 aliphatic heterocycles. The van der Waals surface area contributed by atoms with Gasteiger partial charge in [-0.15, -0.1) is 0 Å². The number of hydrogen-bond acceptors (Lipinski definition) is 5. The van der Waals surface area contributed by atoms with Crippen molar-refractivity contribution in [1.29, 1.82) is 0 Å². The van der Waals surface area contributed by atoms with Crippen LogP contribution in [-0.4, -0.2) is 83.9 Å². The monoisotopic (exact) mass is 445 g/mol. The third kappa shape index (κ3) is 5.72. The van der Waals surface area contributed by atoms with Gasteiger partial charge in [0, 0.05) is 44.7 Å². The summed E-state index contributed by atoms with van der Waals surface area (Å²) in [6, 6.07) is 7.29. The van der Waals surface area contributed by atoms with E-state index in [1.165, 1.54) is 0 Å². The third-order valence-corrected chi connectivity index (χ3v) is 5.94. The number of carbonyl (C=O) groups is 3. The van der Waals surface area contributed by atoms with Gasteiger partial charge in [0.1, 0.15) is 0 Å². The predicted octanol–water partition coefficient (Wildman–Crippen LogP) is 2.17. The number of amides is 3. The Morgan fingerprint density at radius 2 is 1.62 bits per heavy atom. The largest absolute Gasteiger partial charge is 0.490 e. The Bertz CT molecular complexity index is 835. The van der Waals surface area contributed by atoms with Crippen LogP contribution < -0.4 is 9.47 Å². The van der Waals surface area contributed by atoms with E-state index < -0.39 is 0 Å². The van der Waals surface area contributed by atoms with E-state index in [0.29, 0.717) is 57.3 Å². The first-order chi connectivity index (χ1) is 15.2. The average molecular weight is 446 g/mol. The van der Waals surface area contributed by atoms with E-state index in [4.69, 9.17) is 9.47 Å². The van der Waals surface area contributed by atoms with Crippen LogP contribution in [0.4, 0.5) is 0 Å². The summed E-state index contributed by atoms with van der Waals surface area (Å²) in [5, 5.41) is 0. The quantitative estimate of drug-likeness (QED) is 0.671. The third-order valence-electron chi connectivity index (χ3n) is 5.94. The second kappa shape index (κ2) is 10.2. The van der Waals surface area contributed by atoms with E-state index >= 15 is 0 Å². The van der Waals surface area contributed by atoms with Crippen molar-refractivity contribution in [2.75, 3.05) is 45.9 Å². The lowest BCUT2D eigenvalue weighted by molar-refractivity contribution is -0.137. The molecule has 0 radical (unpaired) electrons. The first-order valence-corrected chi connectivity index (χ1v) is 11.4. The Balaban J connectivity index is 1.52. The fourth-order valence-electron chi connectivity index (χ4n) is 4.24. The fraction of sp³-hybridized carbons (Fsp3) is 0.625. The first-order valence-electron chi connectivity index (χ1n) is 11.4. The number of likely N-dealkylation sites (tertiary alicyclic amines) is 1. The zero-order valence-corrected chi connectivity index (χ0v) is 19.6. The maximum absolute atomic E-state index is 13.1. The molecule has 0 spiro atoms. The standard InChI is InChI=1S/C24H35N3O5/c1-5-31-19-9-6-7-10-20(19)32-17-22(29)25-11-8-12-26(14-13-25)23(30)18-15-21(28)27(16-18)24(2,3)4/h6-7,9-10,18H,5,8,11-17H2,1-4H3. The van der Waals surface area contributed by atoms with Crippen LogP contribution in [0.3, 0.4) is 0 Å². The minimum atomic E-state index is -0.303. The molecular weight excluding hydrogens is 410 g/mol. The highest BCUT2D eigenvalue weighted by Gasteiger charge is 2.41. The summed E-state index contributed by atoms with van der Waals surface area (Å²) in [6.45, 7) is 10.9. The fourth-order valence-corrected chi connectivity index (χ4v) is 4.24. The topological polar surface area (TPSA) is 79.4 Å². The molecular formula is C24H35N3O5. The zero-order valence-electron chi connectivity index (χ0n) is 19.6. The Labute approximate surface area is 190 Å². The molecule has 1 unspecified atom stereocenters. The summed E-state index contributed by atoms with van der Waals surface area (Å²) in [4.78, 5) is 43.5. The van der Waals surface area contributed by atoms with Crippen LogP contribution in [0.5, 0.6) is 11.5 Å². The zero-order chi connectivity index (χ0) is 23.3. The van der Waals surface area contributed by atoms with Gasteiger partial charge in [-0.25, -0.2) is 0 Å². The van der Waals surface area contributed by atoms with Crippen LogP contribution in [0.15, 0.2) is 24.3 Å². The molecule has 1 atom stereocenters. The van der Waals surface area contributed by atoms with Crippen LogP contribution in [0.1, 0.15) is 40.5 Å². The van der Waals surface area contributed by atoms with Crippen molar-refractivity contribution in [2.45, 2.75) is 46.1 Å². The Morgan fingerprint density at radius 1 is 1.00 bits per heavy atom. The molecule has 32 heavy (non-hydrogen) atoms. The number of nitrogens with zero attached hydrogens (tertiary/aromatic N) is 3. The van der Waals surface area contributed by atoms with Gasteiger partial charge in [-0.2, -0.15) is 0 Å².